The van der Waals surface area contributed by atoms with E-state index in [1.54, 1.807) is 0 Å². The fourth-order valence-corrected chi connectivity index (χ4v) is 8.68. The predicted molar refractivity (Wildman–Crippen MR) is 133 cm³/mol. The molecule has 0 spiro atoms. The maximum absolute atomic E-state index is 11.1. The Bertz CT molecular complexity index is 750. The van der Waals surface area contributed by atoms with Crippen LogP contribution < -0.4 is 0 Å². The molecule has 0 bridgehead atoms. The zero-order chi connectivity index (χ0) is 23.1. The average Bonchev–Trinajstić information content (AvgIpc) is 3.12. The minimum Gasteiger partial charge on any atom is -0.466 e. The van der Waals surface area contributed by atoms with Crippen molar-refractivity contribution in [2.75, 3.05) is 6.61 Å². The second kappa shape index (κ2) is 9.30. The molecule has 4 rings (SSSR count). The molecular formula is C30H48O2. The van der Waals surface area contributed by atoms with Gasteiger partial charge in [0.25, 0.3) is 0 Å². The molecule has 2 nitrogen and oxygen atoms in total. The number of fused-ring (bicyclic) bond motifs is 5. The third kappa shape index (κ3) is 4.25. The average molecular weight is 441 g/mol. The lowest BCUT2D eigenvalue weighted by molar-refractivity contribution is -0.142. The Hall–Kier alpha value is -1.05. The third-order valence-electron chi connectivity index (χ3n) is 10.9. The molecule has 32 heavy (non-hydrogen) atoms. The fraction of sp³-hybridized carbons (Fsp3) is 0.833. The highest BCUT2D eigenvalue weighted by molar-refractivity contribution is 5.65. The summed E-state index contributed by atoms with van der Waals surface area (Å²) in [6, 6.07) is 0. The van der Waals surface area contributed by atoms with Crippen LogP contribution in [-0.4, -0.2) is 12.6 Å². The lowest BCUT2D eigenvalue weighted by atomic mass is 9.47. The first-order valence-corrected chi connectivity index (χ1v) is 13.7. The van der Waals surface area contributed by atoms with Gasteiger partial charge in [-0.2, -0.15) is 0 Å². The molecule has 2 heteroatoms. The first-order chi connectivity index (χ1) is 15.2. The monoisotopic (exact) mass is 440 g/mol. The van der Waals surface area contributed by atoms with Gasteiger partial charge < -0.3 is 4.74 Å². The minimum absolute atomic E-state index is 0.173. The molecule has 0 aliphatic heterocycles. The van der Waals surface area contributed by atoms with Crippen molar-refractivity contribution in [3.63, 3.8) is 0 Å². The van der Waals surface area contributed by atoms with E-state index in [1.807, 2.05) is 5.57 Å². The van der Waals surface area contributed by atoms with E-state index >= 15 is 0 Å². The first kappa shape index (κ1) is 24.1. The van der Waals surface area contributed by atoms with E-state index in [0.29, 0.717) is 35.2 Å². The first-order valence-electron chi connectivity index (χ1n) is 13.7. The molecule has 0 aromatic carbocycles. The molecule has 180 valence electrons. The number of allylic oxidation sites excluding steroid dienone is 4. The lowest BCUT2D eigenvalue weighted by Crippen LogP contribution is -2.49. The molecule has 4 aliphatic rings. The van der Waals surface area contributed by atoms with Crippen LogP contribution in [0.25, 0.3) is 0 Å². The van der Waals surface area contributed by atoms with Gasteiger partial charge in [-0.3, -0.25) is 4.79 Å². The standard InChI is InChI=1S/C30H48O2/c1-20(22(3)19-32-23(4)31)10-11-21(2)26-14-15-27-25-13-12-24-9-7-8-17-29(24,5)28(25)16-18-30(26,27)6/h10-12,20-22,25-28H,7-9,13-19H2,1-6H3/t20?,21-,22?,25+,26-,27+,28+,29+,30-/m1/s1. The molecule has 2 unspecified atom stereocenters. The molecule has 0 saturated heterocycles. The number of carbonyl (C=O) groups is 1. The third-order valence-corrected chi connectivity index (χ3v) is 10.9. The van der Waals surface area contributed by atoms with Crippen LogP contribution in [0.15, 0.2) is 23.8 Å². The van der Waals surface area contributed by atoms with Crippen LogP contribution in [-0.2, 0) is 9.53 Å². The number of hydrogen-bond donors (Lipinski definition) is 0. The predicted octanol–water partition coefficient (Wildman–Crippen LogP) is 7.98. The van der Waals surface area contributed by atoms with Gasteiger partial charge in [0, 0.05) is 6.92 Å². The largest absolute Gasteiger partial charge is 0.466 e. The number of esters is 1. The van der Waals surface area contributed by atoms with Gasteiger partial charge in [-0.15, -0.1) is 0 Å². The van der Waals surface area contributed by atoms with E-state index < -0.39 is 0 Å². The molecular weight excluding hydrogens is 392 g/mol. The second-order valence-electron chi connectivity index (χ2n) is 12.6. The van der Waals surface area contributed by atoms with Crippen molar-refractivity contribution in [3.8, 4) is 0 Å². The zero-order valence-electron chi connectivity index (χ0n) is 21.7. The van der Waals surface area contributed by atoms with Crippen LogP contribution in [0.3, 0.4) is 0 Å². The Kier molecular flexibility index (Phi) is 7.00. The summed E-state index contributed by atoms with van der Waals surface area (Å²) in [5.74, 6) is 4.84. The van der Waals surface area contributed by atoms with Gasteiger partial charge in [-0.25, -0.2) is 0 Å². The van der Waals surface area contributed by atoms with E-state index in [2.05, 4.69) is 52.8 Å². The van der Waals surface area contributed by atoms with Gasteiger partial charge in [-0.05, 0) is 104 Å². The Labute approximate surface area is 197 Å². The molecule has 4 aliphatic carbocycles. The fourth-order valence-electron chi connectivity index (χ4n) is 8.68. The van der Waals surface area contributed by atoms with Gasteiger partial charge in [-0.1, -0.05) is 64.8 Å². The van der Waals surface area contributed by atoms with E-state index in [4.69, 9.17) is 4.74 Å². The molecule has 0 radical (unpaired) electrons. The van der Waals surface area contributed by atoms with Crippen LogP contribution >= 0.6 is 0 Å². The Morgan fingerprint density at radius 2 is 1.88 bits per heavy atom. The zero-order valence-corrected chi connectivity index (χ0v) is 21.7. The summed E-state index contributed by atoms with van der Waals surface area (Å²) in [4.78, 5) is 11.1. The quantitative estimate of drug-likeness (QED) is 0.309. The summed E-state index contributed by atoms with van der Waals surface area (Å²) < 4.78 is 5.24. The van der Waals surface area contributed by atoms with Crippen molar-refractivity contribution in [3.05, 3.63) is 23.8 Å². The van der Waals surface area contributed by atoms with Crippen molar-refractivity contribution in [2.24, 2.45) is 52.3 Å². The normalized spacial score (nSPS) is 41.8. The Balaban J connectivity index is 1.43. The number of carbonyl (C=O) groups excluding carboxylic acids is 1. The van der Waals surface area contributed by atoms with Crippen LogP contribution in [0.2, 0.25) is 0 Å². The number of hydrogen-bond acceptors (Lipinski definition) is 2. The molecule has 0 aromatic heterocycles. The smallest absolute Gasteiger partial charge is 0.302 e. The van der Waals surface area contributed by atoms with Crippen LogP contribution in [0, 0.1) is 52.3 Å². The van der Waals surface area contributed by atoms with Crippen molar-refractivity contribution in [2.45, 2.75) is 99.3 Å². The summed E-state index contributed by atoms with van der Waals surface area (Å²) in [5.41, 5.74) is 2.85. The molecule has 0 heterocycles. The summed E-state index contributed by atoms with van der Waals surface area (Å²) in [6.45, 7) is 14.2. The van der Waals surface area contributed by atoms with E-state index in [1.165, 1.54) is 64.7 Å². The summed E-state index contributed by atoms with van der Waals surface area (Å²) in [5, 5.41) is 0. The topological polar surface area (TPSA) is 26.3 Å². The Morgan fingerprint density at radius 3 is 2.62 bits per heavy atom. The minimum atomic E-state index is -0.173. The molecule has 0 aromatic rings. The van der Waals surface area contributed by atoms with Crippen LogP contribution in [0.1, 0.15) is 99.3 Å². The van der Waals surface area contributed by atoms with Gasteiger partial charge >= 0.3 is 5.97 Å². The Morgan fingerprint density at radius 1 is 1.09 bits per heavy atom. The van der Waals surface area contributed by atoms with Crippen LogP contribution in [0.4, 0.5) is 0 Å². The highest BCUT2D eigenvalue weighted by Gasteiger charge is 2.58. The molecule has 0 amide bonds. The highest BCUT2D eigenvalue weighted by Crippen LogP contribution is 2.67. The maximum atomic E-state index is 11.1. The SMILES string of the molecule is CC(=O)OCC(C)C(C)C=C[C@@H](C)[C@H]1CC[C@H]2[C@@H]3CC=C4CCCC[C@]4(C)[C@H]3CC[C@]12C. The van der Waals surface area contributed by atoms with Crippen LogP contribution in [0.5, 0.6) is 0 Å². The summed E-state index contributed by atoms with van der Waals surface area (Å²) >= 11 is 0. The molecule has 0 N–H and O–H groups in total. The lowest BCUT2D eigenvalue weighted by Gasteiger charge is -2.58. The summed E-state index contributed by atoms with van der Waals surface area (Å²) in [7, 11) is 0. The van der Waals surface area contributed by atoms with Gasteiger partial charge in [0.1, 0.15) is 0 Å². The van der Waals surface area contributed by atoms with Crippen molar-refractivity contribution in [1.29, 1.82) is 0 Å². The summed E-state index contributed by atoms with van der Waals surface area (Å²) in [6.07, 6.45) is 20.4. The van der Waals surface area contributed by atoms with E-state index in [-0.39, 0.29) is 5.97 Å². The number of ether oxygens (including phenoxy) is 1. The van der Waals surface area contributed by atoms with E-state index in [9.17, 15) is 4.79 Å². The maximum Gasteiger partial charge on any atom is 0.302 e. The van der Waals surface area contributed by atoms with Crippen molar-refractivity contribution < 1.29 is 9.53 Å². The second-order valence-corrected chi connectivity index (χ2v) is 12.6. The van der Waals surface area contributed by atoms with Gasteiger partial charge in [0.2, 0.25) is 0 Å². The highest BCUT2D eigenvalue weighted by atomic mass is 16.5. The molecule has 3 saturated carbocycles. The van der Waals surface area contributed by atoms with Crippen molar-refractivity contribution in [1.82, 2.24) is 0 Å². The number of rotatable bonds is 6. The van der Waals surface area contributed by atoms with E-state index in [0.717, 1.165) is 23.7 Å². The molecule has 9 atom stereocenters. The van der Waals surface area contributed by atoms with Crippen molar-refractivity contribution >= 4 is 5.97 Å². The molecule has 3 fully saturated rings. The van der Waals surface area contributed by atoms with Gasteiger partial charge in [0.05, 0.1) is 6.61 Å². The van der Waals surface area contributed by atoms with Gasteiger partial charge in [0.15, 0.2) is 0 Å².